The van der Waals surface area contributed by atoms with E-state index in [1.807, 2.05) is 0 Å². The van der Waals surface area contributed by atoms with Crippen LogP contribution in [0.25, 0.3) is 0 Å². The molecule has 0 aromatic heterocycles. The monoisotopic (exact) mass is 287 g/mol. The second kappa shape index (κ2) is 5.52. The summed E-state index contributed by atoms with van der Waals surface area (Å²) in [5.41, 5.74) is 5.43. The Labute approximate surface area is 111 Å². The molecule has 6 heteroatoms. The lowest BCUT2D eigenvalue weighted by atomic mass is 10.2. The summed E-state index contributed by atoms with van der Waals surface area (Å²) < 4.78 is 53.0. The van der Waals surface area contributed by atoms with Gasteiger partial charge in [-0.15, -0.1) is 11.8 Å². The number of rotatable bonds is 3. The number of benzene rings is 2. The lowest BCUT2D eigenvalue weighted by molar-refractivity contribution is 0.541. The SMILES string of the molecule is Nc1cc(F)c(SCc2ccc(F)cc2F)c(F)c1. The van der Waals surface area contributed by atoms with E-state index >= 15 is 0 Å². The summed E-state index contributed by atoms with van der Waals surface area (Å²) in [6, 6.07) is 5.05. The van der Waals surface area contributed by atoms with Gasteiger partial charge in [-0.2, -0.15) is 0 Å². The maximum absolute atomic E-state index is 13.5. The van der Waals surface area contributed by atoms with Gasteiger partial charge in [0.05, 0.1) is 4.90 Å². The van der Waals surface area contributed by atoms with Crippen molar-refractivity contribution in [3.63, 3.8) is 0 Å². The molecule has 2 aromatic rings. The number of anilines is 1. The highest BCUT2D eigenvalue weighted by atomic mass is 32.2. The van der Waals surface area contributed by atoms with Gasteiger partial charge in [0.25, 0.3) is 0 Å². The van der Waals surface area contributed by atoms with Crippen LogP contribution in [0.15, 0.2) is 35.2 Å². The Hall–Kier alpha value is -1.69. The molecule has 0 saturated carbocycles. The van der Waals surface area contributed by atoms with Crippen molar-refractivity contribution in [3.8, 4) is 0 Å². The van der Waals surface area contributed by atoms with E-state index in [1.165, 1.54) is 6.07 Å². The fourth-order valence-electron chi connectivity index (χ4n) is 1.51. The van der Waals surface area contributed by atoms with Gasteiger partial charge in [0.1, 0.15) is 23.3 Å². The summed E-state index contributed by atoms with van der Waals surface area (Å²) in [6.07, 6.45) is 0. The molecule has 0 aliphatic rings. The third-order valence-corrected chi connectivity index (χ3v) is 3.54. The van der Waals surface area contributed by atoms with Crippen molar-refractivity contribution in [3.05, 3.63) is 59.2 Å². The molecule has 2 N–H and O–H groups in total. The summed E-state index contributed by atoms with van der Waals surface area (Å²) in [5, 5.41) is 0. The number of nitrogens with two attached hydrogens (primary N) is 1. The molecule has 19 heavy (non-hydrogen) atoms. The van der Waals surface area contributed by atoms with Gasteiger partial charge in [-0.25, -0.2) is 17.6 Å². The zero-order valence-electron chi connectivity index (χ0n) is 9.59. The molecular formula is C13H9F4NS. The van der Waals surface area contributed by atoms with E-state index in [0.29, 0.717) is 0 Å². The van der Waals surface area contributed by atoms with Crippen molar-refractivity contribution in [1.82, 2.24) is 0 Å². The molecule has 0 unspecified atom stereocenters. The van der Waals surface area contributed by atoms with Gasteiger partial charge in [-0.3, -0.25) is 0 Å². The Morgan fingerprint density at radius 3 is 2.11 bits per heavy atom. The highest BCUT2D eigenvalue weighted by molar-refractivity contribution is 7.98. The maximum Gasteiger partial charge on any atom is 0.141 e. The van der Waals surface area contributed by atoms with Gasteiger partial charge < -0.3 is 5.73 Å². The van der Waals surface area contributed by atoms with Crippen molar-refractivity contribution < 1.29 is 17.6 Å². The molecule has 0 heterocycles. The van der Waals surface area contributed by atoms with Gasteiger partial charge in [0.15, 0.2) is 0 Å². The highest BCUT2D eigenvalue weighted by Crippen LogP contribution is 2.30. The van der Waals surface area contributed by atoms with Gasteiger partial charge in [-0.05, 0) is 23.8 Å². The Morgan fingerprint density at radius 1 is 0.895 bits per heavy atom. The molecule has 0 saturated heterocycles. The quantitative estimate of drug-likeness (QED) is 0.522. The van der Waals surface area contributed by atoms with E-state index < -0.39 is 23.3 Å². The molecule has 0 aliphatic carbocycles. The summed E-state index contributed by atoms with van der Waals surface area (Å²) in [5.74, 6) is -3.06. The molecule has 100 valence electrons. The van der Waals surface area contributed by atoms with Crippen LogP contribution in [-0.4, -0.2) is 0 Å². The van der Waals surface area contributed by atoms with E-state index in [-0.39, 0.29) is 21.9 Å². The van der Waals surface area contributed by atoms with E-state index in [1.54, 1.807) is 0 Å². The van der Waals surface area contributed by atoms with Crippen LogP contribution >= 0.6 is 11.8 Å². The Balaban J connectivity index is 2.19. The normalized spacial score (nSPS) is 10.7. The van der Waals surface area contributed by atoms with Crippen molar-refractivity contribution in [1.29, 1.82) is 0 Å². The second-order valence-corrected chi connectivity index (χ2v) is 4.82. The second-order valence-electron chi connectivity index (χ2n) is 3.84. The first kappa shape index (κ1) is 13.7. The Kier molecular flexibility index (Phi) is 3.99. The predicted molar refractivity (Wildman–Crippen MR) is 66.7 cm³/mol. The number of hydrogen-bond acceptors (Lipinski definition) is 2. The van der Waals surface area contributed by atoms with Crippen molar-refractivity contribution in [2.24, 2.45) is 0 Å². The first-order chi connectivity index (χ1) is 8.97. The minimum absolute atomic E-state index is 0.0100. The standard InChI is InChI=1S/C13H9F4NS/c14-8-2-1-7(10(15)3-8)6-19-13-11(16)4-9(18)5-12(13)17/h1-5H,6,18H2. The van der Waals surface area contributed by atoms with Crippen LogP contribution < -0.4 is 5.73 Å². The first-order valence-corrected chi connectivity index (χ1v) is 6.27. The average Bonchev–Trinajstić information content (AvgIpc) is 2.30. The number of thioether (sulfide) groups is 1. The summed E-state index contributed by atoms with van der Waals surface area (Å²) in [7, 11) is 0. The third kappa shape index (κ3) is 3.20. The van der Waals surface area contributed by atoms with Crippen LogP contribution in [0.4, 0.5) is 23.2 Å². The average molecular weight is 287 g/mol. The van der Waals surface area contributed by atoms with Crippen molar-refractivity contribution >= 4 is 17.4 Å². The first-order valence-electron chi connectivity index (χ1n) is 5.28. The van der Waals surface area contributed by atoms with Crippen LogP contribution in [0, 0.1) is 23.3 Å². The molecular weight excluding hydrogens is 278 g/mol. The van der Waals surface area contributed by atoms with E-state index in [9.17, 15) is 17.6 Å². The molecule has 0 fully saturated rings. The fourth-order valence-corrected chi connectivity index (χ4v) is 2.43. The molecule has 0 aliphatic heterocycles. The maximum atomic E-state index is 13.5. The van der Waals surface area contributed by atoms with E-state index in [4.69, 9.17) is 5.73 Å². The summed E-state index contributed by atoms with van der Waals surface area (Å²) in [6.45, 7) is 0. The van der Waals surface area contributed by atoms with E-state index in [2.05, 4.69) is 0 Å². The molecule has 2 aromatic carbocycles. The zero-order valence-corrected chi connectivity index (χ0v) is 10.4. The zero-order chi connectivity index (χ0) is 14.0. The van der Waals surface area contributed by atoms with Crippen LogP contribution in [0.3, 0.4) is 0 Å². The predicted octanol–water partition coefficient (Wildman–Crippen LogP) is 4.12. The van der Waals surface area contributed by atoms with Crippen LogP contribution in [0.1, 0.15) is 5.56 Å². The van der Waals surface area contributed by atoms with Crippen LogP contribution in [-0.2, 0) is 5.75 Å². The van der Waals surface area contributed by atoms with E-state index in [0.717, 1.165) is 36.0 Å². The van der Waals surface area contributed by atoms with Crippen molar-refractivity contribution in [2.45, 2.75) is 10.6 Å². The number of halogens is 4. The van der Waals surface area contributed by atoms with Crippen LogP contribution in [0.5, 0.6) is 0 Å². The molecule has 0 bridgehead atoms. The Morgan fingerprint density at radius 2 is 1.53 bits per heavy atom. The lowest BCUT2D eigenvalue weighted by Crippen LogP contribution is -1.95. The fraction of sp³-hybridized carbons (Fsp3) is 0.0769. The minimum Gasteiger partial charge on any atom is -0.399 e. The molecule has 1 nitrogen and oxygen atoms in total. The minimum atomic E-state index is -0.801. The van der Waals surface area contributed by atoms with Gasteiger partial charge in [-0.1, -0.05) is 6.07 Å². The number of hydrogen-bond donors (Lipinski definition) is 1. The summed E-state index contributed by atoms with van der Waals surface area (Å²) >= 11 is 0.787. The molecule has 0 radical (unpaired) electrons. The largest absolute Gasteiger partial charge is 0.399 e. The summed E-state index contributed by atoms with van der Waals surface area (Å²) in [4.78, 5) is -0.238. The smallest absolute Gasteiger partial charge is 0.141 e. The molecule has 2 rings (SSSR count). The van der Waals surface area contributed by atoms with Gasteiger partial charge in [0, 0.05) is 17.5 Å². The molecule has 0 spiro atoms. The van der Waals surface area contributed by atoms with Crippen LogP contribution in [0.2, 0.25) is 0 Å². The highest BCUT2D eigenvalue weighted by Gasteiger charge is 2.12. The topological polar surface area (TPSA) is 26.0 Å². The Bertz CT molecular complexity index is 593. The van der Waals surface area contributed by atoms with Gasteiger partial charge >= 0.3 is 0 Å². The van der Waals surface area contributed by atoms with Gasteiger partial charge in [0.2, 0.25) is 0 Å². The van der Waals surface area contributed by atoms with Crippen molar-refractivity contribution in [2.75, 3.05) is 5.73 Å². The number of nitrogen functional groups attached to an aromatic ring is 1. The lowest BCUT2D eigenvalue weighted by Gasteiger charge is -2.07. The molecule has 0 atom stereocenters. The third-order valence-electron chi connectivity index (χ3n) is 2.41. The molecule has 0 amide bonds.